The molecule has 0 saturated carbocycles. The van der Waals surface area contributed by atoms with Gasteiger partial charge in [0.15, 0.2) is 0 Å². The van der Waals surface area contributed by atoms with Gasteiger partial charge >= 0.3 is 0 Å². The monoisotopic (exact) mass is 278 g/mol. The molecule has 0 fully saturated rings. The van der Waals surface area contributed by atoms with E-state index in [1.54, 1.807) is 0 Å². The van der Waals surface area contributed by atoms with E-state index in [1.807, 2.05) is 13.0 Å². The fourth-order valence-corrected chi connectivity index (χ4v) is 2.45. The Morgan fingerprint density at radius 1 is 1.25 bits per heavy atom. The minimum atomic E-state index is 0.130. The van der Waals surface area contributed by atoms with Gasteiger partial charge in [-0.15, -0.1) is 0 Å². The van der Waals surface area contributed by atoms with Crippen LogP contribution in [0.5, 0.6) is 5.75 Å². The normalized spacial score (nSPS) is 13.6. The molecule has 1 aromatic carbocycles. The van der Waals surface area contributed by atoms with E-state index < -0.39 is 0 Å². The highest BCUT2D eigenvalue weighted by atomic mass is 16.5. The standard InChI is InChI=1S/C17H30N2O/c1-6-19(13-17(4,5)12-18)14(3)15-10-8-9-11-16(15)20-7-2/h8-11,14H,6-7,12-13,18H2,1-5H3. The lowest BCUT2D eigenvalue weighted by Crippen LogP contribution is -2.40. The summed E-state index contributed by atoms with van der Waals surface area (Å²) in [5.74, 6) is 0.992. The third kappa shape index (κ3) is 4.50. The van der Waals surface area contributed by atoms with E-state index in [4.69, 9.17) is 10.5 Å². The zero-order valence-corrected chi connectivity index (χ0v) is 13.6. The average Bonchev–Trinajstić information content (AvgIpc) is 2.45. The van der Waals surface area contributed by atoms with Crippen LogP contribution in [0.4, 0.5) is 0 Å². The van der Waals surface area contributed by atoms with Crippen LogP contribution in [0.1, 0.15) is 46.2 Å². The predicted molar refractivity (Wildman–Crippen MR) is 86.1 cm³/mol. The summed E-state index contributed by atoms with van der Waals surface area (Å²) in [5.41, 5.74) is 7.26. The van der Waals surface area contributed by atoms with Crippen LogP contribution in [0.25, 0.3) is 0 Å². The highest BCUT2D eigenvalue weighted by Gasteiger charge is 2.24. The molecule has 20 heavy (non-hydrogen) atoms. The molecule has 1 unspecified atom stereocenters. The SMILES string of the molecule is CCOc1ccccc1C(C)N(CC)CC(C)(C)CN. The highest BCUT2D eigenvalue weighted by Crippen LogP contribution is 2.31. The van der Waals surface area contributed by atoms with Crippen molar-refractivity contribution >= 4 is 0 Å². The molecule has 2 N–H and O–H groups in total. The molecule has 0 spiro atoms. The Balaban J connectivity index is 2.93. The second-order valence-corrected chi connectivity index (χ2v) is 6.08. The number of rotatable bonds is 8. The zero-order chi connectivity index (χ0) is 15.2. The molecule has 1 aromatic rings. The summed E-state index contributed by atoms with van der Waals surface area (Å²) in [7, 11) is 0. The first kappa shape index (κ1) is 17.0. The molecule has 0 bridgehead atoms. The smallest absolute Gasteiger partial charge is 0.124 e. The van der Waals surface area contributed by atoms with Crippen molar-refractivity contribution in [3.8, 4) is 5.75 Å². The van der Waals surface area contributed by atoms with Gasteiger partial charge in [-0.05, 0) is 38.4 Å². The topological polar surface area (TPSA) is 38.5 Å². The molecule has 0 aliphatic heterocycles. The maximum Gasteiger partial charge on any atom is 0.124 e. The summed E-state index contributed by atoms with van der Waals surface area (Å²) in [6, 6.07) is 8.65. The maximum absolute atomic E-state index is 5.87. The van der Waals surface area contributed by atoms with Crippen LogP contribution in [0.2, 0.25) is 0 Å². The van der Waals surface area contributed by atoms with Crippen molar-refractivity contribution in [3.05, 3.63) is 29.8 Å². The van der Waals surface area contributed by atoms with Crippen LogP contribution in [-0.4, -0.2) is 31.1 Å². The summed E-state index contributed by atoms with van der Waals surface area (Å²) in [6.07, 6.45) is 0. The van der Waals surface area contributed by atoms with Crippen molar-refractivity contribution in [1.82, 2.24) is 4.90 Å². The molecule has 0 aliphatic rings. The van der Waals surface area contributed by atoms with E-state index in [0.29, 0.717) is 19.2 Å². The number of hydrogen-bond acceptors (Lipinski definition) is 3. The Hall–Kier alpha value is -1.06. The van der Waals surface area contributed by atoms with Gasteiger partial charge in [0.1, 0.15) is 5.75 Å². The van der Waals surface area contributed by atoms with Gasteiger partial charge < -0.3 is 10.5 Å². The van der Waals surface area contributed by atoms with E-state index >= 15 is 0 Å². The van der Waals surface area contributed by atoms with E-state index in [-0.39, 0.29) is 5.41 Å². The van der Waals surface area contributed by atoms with Crippen LogP contribution in [0, 0.1) is 5.41 Å². The number of hydrogen-bond donors (Lipinski definition) is 1. The number of nitrogens with two attached hydrogens (primary N) is 1. The molecule has 114 valence electrons. The first-order chi connectivity index (χ1) is 9.45. The van der Waals surface area contributed by atoms with Crippen LogP contribution in [-0.2, 0) is 0 Å². The second kappa shape index (κ2) is 7.65. The minimum Gasteiger partial charge on any atom is -0.494 e. The summed E-state index contributed by atoms with van der Waals surface area (Å²) in [6.45, 7) is 14.3. The van der Waals surface area contributed by atoms with E-state index in [1.165, 1.54) is 5.56 Å². The highest BCUT2D eigenvalue weighted by molar-refractivity contribution is 5.35. The average molecular weight is 278 g/mol. The lowest BCUT2D eigenvalue weighted by atomic mass is 9.91. The van der Waals surface area contributed by atoms with Crippen molar-refractivity contribution in [1.29, 1.82) is 0 Å². The minimum absolute atomic E-state index is 0.130. The number of ether oxygens (including phenoxy) is 1. The van der Waals surface area contributed by atoms with Crippen molar-refractivity contribution in [2.24, 2.45) is 11.1 Å². The van der Waals surface area contributed by atoms with Gasteiger partial charge in [-0.3, -0.25) is 4.90 Å². The largest absolute Gasteiger partial charge is 0.494 e. The summed E-state index contributed by atoms with van der Waals surface area (Å²) in [4.78, 5) is 2.46. The van der Waals surface area contributed by atoms with E-state index in [9.17, 15) is 0 Å². The molecule has 1 rings (SSSR count). The predicted octanol–water partition coefficient (Wildman–Crippen LogP) is 3.45. The molecule has 1 atom stereocenters. The van der Waals surface area contributed by atoms with Gasteiger partial charge in [0, 0.05) is 18.2 Å². The van der Waals surface area contributed by atoms with E-state index in [2.05, 4.69) is 50.8 Å². The molecule has 0 radical (unpaired) electrons. The van der Waals surface area contributed by atoms with Gasteiger partial charge in [-0.25, -0.2) is 0 Å². The fourth-order valence-electron chi connectivity index (χ4n) is 2.45. The van der Waals surface area contributed by atoms with Crippen molar-refractivity contribution in [2.45, 2.75) is 40.7 Å². The zero-order valence-electron chi connectivity index (χ0n) is 13.6. The summed E-state index contributed by atoms with van der Waals surface area (Å²) >= 11 is 0. The van der Waals surface area contributed by atoms with Crippen LogP contribution >= 0.6 is 0 Å². The lowest BCUT2D eigenvalue weighted by molar-refractivity contribution is 0.145. The second-order valence-electron chi connectivity index (χ2n) is 6.08. The molecule has 0 aromatic heterocycles. The first-order valence-electron chi connectivity index (χ1n) is 7.61. The Morgan fingerprint density at radius 3 is 2.45 bits per heavy atom. The van der Waals surface area contributed by atoms with Crippen molar-refractivity contribution in [3.63, 3.8) is 0 Å². The molecule has 0 aliphatic carbocycles. The fraction of sp³-hybridized carbons (Fsp3) is 0.647. The summed E-state index contributed by atoms with van der Waals surface area (Å²) in [5, 5.41) is 0. The van der Waals surface area contributed by atoms with Gasteiger partial charge in [0.05, 0.1) is 6.61 Å². The number of nitrogens with zero attached hydrogens (tertiary/aromatic N) is 1. The Bertz CT molecular complexity index is 404. The summed E-state index contributed by atoms with van der Waals surface area (Å²) < 4.78 is 5.76. The Kier molecular flexibility index (Phi) is 6.50. The molecule has 0 heterocycles. The van der Waals surface area contributed by atoms with Crippen molar-refractivity contribution in [2.75, 3.05) is 26.2 Å². The Morgan fingerprint density at radius 2 is 1.90 bits per heavy atom. The first-order valence-corrected chi connectivity index (χ1v) is 7.61. The van der Waals surface area contributed by atoms with Gasteiger partial charge in [0.25, 0.3) is 0 Å². The lowest BCUT2D eigenvalue weighted by Gasteiger charge is -2.35. The Labute approximate surface area is 124 Å². The quantitative estimate of drug-likeness (QED) is 0.791. The number of benzene rings is 1. The molecular formula is C17H30N2O. The molecular weight excluding hydrogens is 248 g/mol. The van der Waals surface area contributed by atoms with Crippen molar-refractivity contribution < 1.29 is 4.74 Å². The van der Waals surface area contributed by atoms with Gasteiger partial charge in [-0.1, -0.05) is 39.0 Å². The van der Waals surface area contributed by atoms with E-state index in [0.717, 1.165) is 18.8 Å². The molecule has 0 amide bonds. The molecule has 3 heteroatoms. The molecule has 0 saturated heterocycles. The van der Waals surface area contributed by atoms with Crippen LogP contribution < -0.4 is 10.5 Å². The van der Waals surface area contributed by atoms with Gasteiger partial charge in [-0.2, -0.15) is 0 Å². The molecule has 3 nitrogen and oxygen atoms in total. The third-order valence-electron chi connectivity index (χ3n) is 3.81. The van der Waals surface area contributed by atoms with Crippen LogP contribution in [0.3, 0.4) is 0 Å². The van der Waals surface area contributed by atoms with Gasteiger partial charge in [0.2, 0.25) is 0 Å². The van der Waals surface area contributed by atoms with Crippen LogP contribution in [0.15, 0.2) is 24.3 Å². The third-order valence-corrected chi connectivity index (χ3v) is 3.81. The number of para-hydroxylation sites is 1. The maximum atomic E-state index is 5.87.